The fourth-order valence-corrected chi connectivity index (χ4v) is 5.73. The van der Waals surface area contributed by atoms with Gasteiger partial charge in [0.2, 0.25) is 5.91 Å². The summed E-state index contributed by atoms with van der Waals surface area (Å²) < 4.78 is 0. The van der Waals surface area contributed by atoms with Crippen LogP contribution in [0.4, 0.5) is 5.00 Å². The zero-order valence-corrected chi connectivity index (χ0v) is 17.0. The third kappa shape index (κ3) is 3.25. The first-order chi connectivity index (χ1) is 13.8. The van der Waals surface area contributed by atoms with E-state index in [-0.39, 0.29) is 23.3 Å². The number of rotatable bonds is 5. The van der Waals surface area contributed by atoms with Crippen molar-refractivity contribution in [3.05, 3.63) is 52.4 Å². The molecule has 7 heteroatoms. The van der Waals surface area contributed by atoms with E-state index in [0.29, 0.717) is 17.0 Å². The number of fused-ring (bicyclic) bond motifs is 2. The molecule has 0 spiro atoms. The van der Waals surface area contributed by atoms with Gasteiger partial charge in [0.1, 0.15) is 5.00 Å². The largest absolute Gasteiger partial charge is 0.481 e. The van der Waals surface area contributed by atoms with Gasteiger partial charge in [-0.2, -0.15) is 0 Å². The molecular formula is C22H22N2O4S. The SMILES string of the molecule is Cc1ccc(-c2c(C)sc(NC(=O)[C@@H]3[C@@H](C(=O)O)[C@H]4C=C[C@@H]3C4)c2C(N)=O)cc1. The van der Waals surface area contributed by atoms with Crippen molar-refractivity contribution in [3.63, 3.8) is 0 Å². The Balaban J connectivity index is 1.69. The number of primary amides is 1. The molecule has 4 rings (SSSR count). The van der Waals surface area contributed by atoms with Gasteiger partial charge < -0.3 is 16.2 Å². The van der Waals surface area contributed by atoms with E-state index < -0.39 is 23.7 Å². The Morgan fingerprint density at radius 3 is 2.28 bits per heavy atom. The lowest BCUT2D eigenvalue weighted by Gasteiger charge is -2.23. The molecule has 2 aliphatic carbocycles. The van der Waals surface area contributed by atoms with Gasteiger partial charge in [0, 0.05) is 10.4 Å². The smallest absolute Gasteiger partial charge is 0.307 e. The Morgan fingerprint density at radius 1 is 1.07 bits per heavy atom. The summed E-state index contributed by atoms with van der Waals surface area (Å²) in [6.07, 6.45) is 4.50. The van der Waals surface area contributed by atoms with Crippen molar-refractivity contribution in [1.82, 2.24) is 0 Å². The summed E-state index contributed by atoms with van der Waals surface area (Å²) in [5, 5.41) is 12.8. The number of anilines is 1. The van der Waals surface area contributed by atoms with Crippen molar-refractivity contribution >= 4 is 34.1 Å². The van der Waals surface area contributed by atoms with E-state index in [2.05, 4.69) is 5.32 Å². The van der Waals surface area contributed by atoms with Crippen LogP contribution >= 0.6 is 11.3 Å². The summed E-state index contributed by atoms with van der Waals surface area (Å²) >= 11 is 1.29. The number of carboxylic acids is 1. The number of benzene rings is 1. The van der Waals surface area contributed by atoms with E-state index in [1.54, 1.807) is 0 Å². The monoisotopic (exact) mass is 410 g/mol. The topological polar surface area (TPSA) is 109 Å². The summed E-state index contributed by atoms with van der Waals surface area (Å²) in [4.78, 5) is 37.9. The van der Waals surface area contributed by atoms with Crippen molar-refractivity contribution < 1.29 is 19.5 Å². The van der Waals surface area contributed by atoms with Crippen LogP contribution in [0.15, 0.2) is 36.4 Å². The van der Waals surface area contributed by atoms with E-state index in [1.807, 2.05) is 50.3 Å². The average molecular weight is 410 g/mol. The Labute approximate surface area is 172 Å². The van der Waals surface area contributed by atoms with Crippen LogP contribution < -0.4 is 11.1 Å². The number of carbonyl (C=O) groups excluding carboxylic acids is 2. The van der Waals surface area contributed by atoms with E-state index in [0.717, 1.165) is 16.0 Å². The molecule has 0 unspecified atom stereocenters. The predicted molar refractivity (Wildman–Crippen MR) is 112 cm³/mol. The normalized spacial score (nSPS) is 24.6. The van der Waals surface area contributed by atoms with Gasteiger partial charge in [0.15, 0.2) is 0 Å². The highest BCUT2D eigenvalue weighted by molar-refractivity contribution is 7.17. The minimum Gasteiger partial charge on any atom is -0.481 e. The number of nitrogens with two attached hydrogens (primary N) is 1. The molecule has 1 heterocycles. The van der Waals surface area contributed by atoms with Crippen LogP contribution in [0, 0.1) is 37.5 Å². The summed E-state index contributed by atoms with van der Waals surface area (Å²) in [6.45, 7) is 3.86. The molecule has 1 saturated carbocycles. The molecule has 29 heavy (non-hydrogen) atoms. The Hall–Kier alpha value is -2.93. The summed E-state index contributed by atoms with van der Waals surface area (Å²) in [5.41, 5.74) is 8.60. The third-order valence-electron chi connectivity index (χ3n) is 5.95. The minimum absolute atomic E-state index is 0.0873. The highest BCUT2D eigenvalue weighted by Gasteiger charge is 2.51. The molecule has 2 aliphatic rings. The highest BCUT2D eigenvalue weighted by Crippen LogP contribution is 2.49. The highest BCUT2D eigenvalue weighted by atomic mass is 32.1. The minimum atomic E-state index is -0.958. The molecule has 0 radical (unpaired) electrons. The number of allylic oxidation sites excluding steroid dienone is 2. The molecule has 4 N–H and O–H groups in total. The second-order valence-electron chi connectivity index (χ2n) is 7.80. The van der Waals surface area contributed by atoms with Gasteiger partial charge in [-0.25, -0.2) is 0 Å². The quantitative estimate of drug-likeness (QED) is 0.654. The number of hydrogen-bond acceptors (Lipinski definition) is 4. The van der Waals surface area contributed by atoms with E-state index in [4.69, 9.17) is 5.73 Å². The van der Waals surface area contributed by atoms with Crippen molar-refractivity contribution in [1.29, 1.82) is 0 Å². The number of carbonyl (C=O) groups is 3. The van der Waals surface area contributed by atoms with Crippen molar-refractivity contribution in [2.45, 2.75) is 20.3 Å². The first-order valence-corrected chi connectivity index (χ1v) is 10.3. The maximum Gasteiger partial charge on any atom is 0.307 e. The number of carboxylic acid groups (broad SMARTS) is 1. The zero-order valence-electron chi connectivity index (χ0n) is 16.1. The van der Waals surface area contributed by atoms with Crippen LogP contribution in [-0.2, 0) is 9.59 Å². The van der Waals surface area contributed by atoms with Crippen LogP contribution in [-0.4, -0.2) is 22.9 Å². The Morgan fingerprint density at radius 2 is 1.69 bits per heavy atom. The van der Waals surface area contributed by atoms with E-state index in [9.17, 15) is 19.5 Å². The van der Waals surface area contributed by atoms with Crippen molar-refractivity contribution in [2.24, 2.45) is 29.4 Å². The van der Waals surface area contributed by atoms with Gasteiger partial charge in [0.25, 0.3) is 5.91 Å². The number of nitrogens with one attached hydrogen (secondary N) is 1. The van der Waals surface area contributed by atoms with Crippen molar-refractivity contribution in [3.8, 4) is 11.1 Å². The lowest BCUT2D eigenvalue weighted by molar-refractivity contribution is -0.146. The van der Waals surface area contributed by atoms with Gasteiger partial charge >= 0.3 is 5.97 Å². The maximum absolute atomic E-state index is 13.0. The molecule has 6 nitrogen and oxygen atoms in total. The first-order valence-electron chi connectivity index (χ1n) is 9.50. The molecule has 1 aromatic carbocycles. The standard InChI is InChI=1S/C22H22N2O4S/c1-10-3-5-12(6-4-10)15-11(2)29-21(18(15)19(23)25)24-20(26)16-13-7-8-14(9-13)17(16)22(27)28/h3-8,13-14,16-17H,9H2,1-2H3,(H2,23,25)(H,24,26)(H,27,28)/t13-,14+,16+,17+/m1/s1. The predicted octanol–water partition coefficient (Wildman–Crippen LogP) is 3.59. The average Bonchev–Trinajstić information content (AvgIpc) is 3.35. The van der Waals surface area contributed by atoms with Crippen LogP contribution in [0.1, 0.15) is 27.2 Å². The number of hydrogen-bond donors (Lipinski definition) is 3. The first kappa shape index (κ1) is 19.4. The zero-order chi connectivity index (χ0) is 20.9. The number of thiophene rings is 1. The molecule has 2 bridgehead atoms. The summed E-state index contributed by atoms with van der Waals surface area (Å²) in [7, 11) is 0. The third-order valence-corrected chi connectivity index (χ3v) is 6.98. The summed E-state index contributed by atoms with van der Waals surface area (Å²) in [5.74, 6) is -3.53. The lowest BCUT2D eigenvalue weighted by atomic mass is 9.82. The molecule has 0 saturated heterocycles. The maximum atomic E-state index is 13.0. The Kier molecular flexibility index (Phi) is 4.78. The van der Waals surface area contributed by atoms with Gasteiger partial charge in [-0.3, -0.25) is 14.4 Å². The van der Waals surface area contributed by atoms with Crippen molar-refractivity contribution in [2.75, 3.05) is 5.32 Å². The number of aliphatic carboxylic acids is 1. The fraction of sp³-hybridized carbons (Fsp3) is 0.318. The van der Waals surface area contributed by atoms with E-state index in [1.165, 1.54) is 11.3 Å². The Bertz CT molecular complexity index is 1040. The van der Waals surface area contributed by atoms with Gasteiger partial charge in [-0.1, -0.05) is 42.0 Å². The second-order valence-corrected chi connectivity index (χ2v) is 9.02. The number of aryl methyl sites for hydroxylation is 2. The van der Waals surface area contributed by atoms with Crippen LogP contribution in [0.3, 0.4) is 0 Å². The number of amides is 2. The van der Waals surface area contributed by atoms with Crippen LogP contribution in [0.5, 0.6) is 0 Å². The van der Waals surface area contributed by atoms with Gasteiger partial charge in [0.05, 0.1) is 17.4 Å². The molecule has 1 fully saturated rings. The molecule has 0 aliphatic heterocycles. The fourth-order valence-electron chi connectivity index (χ4n) is 4.65. The molecule has 4 atom stereocenters. The molecule has 1 aromatic heterocycles. The molecule has 150 valence electrons. The van der Waals surface area contributed by atoms with E-state index >= 15 is 0 Å². The van der Waals surface area contributed by atoms with Gasteiger partial charge in [-0.15, -0.1) is 11.3 Å². The molecule has 2 aromatic rings. The molecule has 2 amide bonds. The second kappa shape index (κ2) is 7.15. The molecular weight excluding hydrogens is 388 g/mol. The van der Waals surface area contributed by atoms with Gasteiger partial charge in [-0.05, 0) is 37.7 Å². The van der Waals surface area contributed by atoms with Crippen LogP contribution in [0.25, 0.3) is 11.1 Å². The van der Waals surface area contributed by atoms with Crippen LogP contribution in [0.2, 0.25) is 0 Å². The lowest BCUT2D eigenvalue weighted by Crippen LogP contribution is -2.36. The summed E-state index contributed by atoms with van der Waals surface area (Å²) in [6, 6.07) is 7.75.